The maximum Gasteiger partial charge on any atom is 0.00836 e. The van der Waals surface area contributed by atoms with Gasteiger partial charge in [-0.1, -0.05) is 36.8 Å². The minimum Gasteiger partial charge on any atom is -0.402 e. The Morgan fingerprint density at radius 2 is 1.79 bits per heavy atom. The molecule has 0 rings (SSSR count). The van der Waals surface area contributed by atoms with Gasteiger partial charge in [-0.05, 0) is 38.8 Å². The summed E-state index contributed by atoms with van der Waals surface area (Å²) < 4.78 is 0. The van der Waals surface area contributed by atoms with E-state index in [1.165, 1.54) is 11.1 Å². The van der Waals surface area contributed by atoms with E-state index in [0.717, 1.165) is 17.7 Å². The second kappa shape index (κ2) is 6.25. The van der Waals surface area contributed by atoms with Crippen LogP contribution in [0.4, 0.5) is 0 Å². The molecule has 0 amide bonds. The summed E-state index contributed by atoms with van der Waals surface area (Å²) >= 11 is 0. The second-order valence-electron chi connectivity index (χ2n) is 3.71. The molecule has 0 spiro atoms. The first-order valence-corrected chi connectivity index (χ1v) is 4.94. The number of nitrogens with two attached hydrogens (primary N) is 1. The molecule has 0 saturated carbocycles. The van der Waals surface area contributed by atoms with Crippen molar-refractivity contribution in [1.82, 2.24) is 0 Å². The molecule has 0 bridgehead atoms. The Kier molecular flexibility index (Phi) is 5.70. The van der Waals surface area contributed by atoms with Gasteiger partial charge in [0.25, 0.3) is 0 Å². The molecule has 0 aromatic heterocycles. The number of hydrogen-bond donors (Lipinski definition) is 1. The summed E-state index contributed by atoms with van der Waals surface area (Å²) in [5.74, 6) is 0. The van der Waals surface area contributed by atoms with Crippen molar-refractivity contribution < 1.29 is 0 Å². The fourth-order valence-corrected chi connectivity index (χ4v) is 0.893. The van der Waals surface area contributed by atoms with E-state index in [9.17, 15) is 0 Å². The fourth-order valence-electron chi connectivity index (χ4n) is 0.893. The van der Waals surface area contributed by atoms with Crippen molar-refractivity contribution in [3.63, 3.8) is 0 Å². The lowest BCUT2D eigenvalue weighted by Crippen LogP contribution is -1.95. The maximum atomic E-state index is 5.79. The van der Waals surface area contributed by atoms with Gasteiger partial charge in [0.2, 0.25) is 0 Å². The Hall–Kier alpha value is -1.24. The molecular weight excluding hydrogens is 170 g/mol. The van der Waals surface area contributed by atoms with Crippen LogP contribution in [0.2, 0.25) is 0 Å². The third-order valence-electron chi connectivity index (χ3n) is 1.87. The van der Waals surface area contributed by atoms with Gasteiger partial charge in [-0.25, -0.2) is 0 Å². The van der Waals surface area contributed by atoms with Crippen molar-refractivity contribution in [3.8, 4) is 0 Å². The predicted octanol–water partition coefficient (Wildman–Crippen LogP) is 3.71. The largest absolute Gasteiger partial charge is 0.402 e. The average Bonchev–Trinajstić information content (AvgIpc) is 2.10. The van der Waals surface area contributed by atoms with Gasteiger partial charge in [-0.3, -0.25) is 0 Å². The normalized spacial score (nSPS) is 11.9. The van der Waals surface area contributed by atoms with E-state index in [-0.39, 0.29) is 0 Å². The molecule has 0 radical (unpaired) electrons. The molecule has 0 aliphatic carbocycles. The minimum atomic E-state index is 0.887. The van der Waals surface area contributed by atoms with Gasteiger partial charge in [-0.2, -0.15) is 0 Å². The van der Waals surface area contributed by atoms with Gasteiger partial charge in [-0.15, -0.1) is 0 Å². The summed E-state index contributed by atoms with van der Waals surface area (Å²) in [5, 5.41) is 0. The molecule has 0 unspecified atom stereocenters. The molecule has 0 aliphatic heterocycles. The van der Waals surface area contributed by atoms with E-state index >= 15 is 0 Å². The van der Waals surface area contributed by atoms with Crippen LogP contribution in [0.25, 0.3) is 0 Å². The smallest absolute Gasteiger partial charge is 0.00836 e. The summed E-state index contributed by atoms with van der Waals surface area (Å²) in [6, 6.07) is 0. The number of allylic oxidation sites excluding steroid dienone is 7. The summed E-state index contributed by atoms with van der Waals surface area (Å²) in [7, 11) is 0. The molecule has 0 aliphatic rings. The van der Waals surface area contributed by atoms with E-state index in [4.69, 9.17) is 5.73 Å². The van der Waals surface area contributed by atoms with Crippen LogP contribution in [0.5, 0.6) is 0 Å². The highest BCUT2D eigenvalue weighted by Crippen LogP contribution is 2.10. The van der Waals surface area contributed by atoms with Gasteiger partial charge >= 0.3 is 0 Å². The fraction of sp³-hybridized carbons (Fsp3) is 0.385. The van der Waals surface area contributed by atoms with Gasteiger partial charge in [0.15, 0.2) is 0 Å². The Labute approximate surface area is 87.7 Å². The lowest BCUT2D eigenvalue weighted by Gasteiger charge is -2.01. The van der Waals surface area contributed by atoms with Gasteiger partial charge < -0.3 is 5.73 Å². The highest BCUT2D eigenvalue weighted by Gasteiger charge is 1.92. The van der Waals surface area contributed by atoms with Crippen molar-refractivity contribution in [1.29, 1.82) is 0 Å². The first-order valence-electron chi connectivity index (χ1n) is 4.94. The van der Waals surface area contributed by atoms with Crippen LogP contribution in [-0.4, -0.2) is 0 Å². The van der Waals surface area contributed by atoms with Crippen LogP contribution in [0.1, 0.15) is 34.1 Å². The molecule has 0 atom stereocenters. The van der Waals surface area contributed by atoms with E-state index in [0.29, 0.717) is 0 Å². The molecule has 0 heterocycles. The van der Waals surface area contributed by atoms with E-state index in [1.807, 2.05) is 19.1 Å². The van der Waals surface area contributed by atoms with Gasteiger partial charge in [0.05, 0.1) is 0 Å². The SMILES string of the molecule is C=C(C)/C=C\C(/C=C(/N)CC)=C(C)C. The van der Waals surface area contributed by atoms with Crippen LogP contribution in [0.15, 0.2) is 47.2 Å². The molecule has 78 valence electrons. The summed E-state index contributed by atoms with van der Waals surface area (Å²) in [4.78, 5) is 0. The molecule has 14 heavy (non-hydrogen) atoms. The first-order chi connectivity index (χ1) is 6.47. The molecule has 0 aromatic carbocycles. The lowest BCUT2D eigenvalue weighted by atomic mass is 10.1. The molecule has 0 fully saturated rings. The van der Waals surface area contributed by atoms with Gasteiger partial charge in [0, 0.05) is 5.70 Å². The van der Waals surface area contributed by atoms with Crippen molar-refractivity contribution in [2.75, 3.05) is 0 Å². The Morgan fingerprint density at radius 1 is 1.21 bits per heavy atom. The van der Waals surface area contributed by atoms with Crippen molar-refractivity contribution in [3.05, 3.63) is 47.2 Å². The summed E-state index contributed by atoms with van der Waals surface area (Å²) in [6.07, 6.45) is 6.97. The van der Waals surface area contributed by atoms with Crippen molar-refractivity contribution >= 4 is 0 Å². The zero-order chi connectivity index (χ0) is 11.1. The van der Waals surface area contributed by atoms with E-state index in [2.05, 4.69) is 33.4 Å². The van der Waals surface area contributed by atoms with Crippen LogP contribution >= 0.6 is 0 Å². The van der Waals surface area contributed by atoms with Crippen LogP contribution in [0.3, 0.4) is 0 Å². The van der Waals surface area contributed by atoms with E-state index < -0.39 is 0 Å². The molecule has 1 heteroatoms. The zero-order valence-corrected chi connectivity index (χ0v) is 9.72. The second-order valence-corrected chi connectivity index (χ2v) is 3.71. The monoisotopic (exact) mass is 191 g/mol. The van der Waals surface area contributed by atoms with Crippen molar-refractivity contribution in [2.24, 2.45) is 5.73 Å². The first kappa shape index (κ1) is 12.8. The number of rotatable bonds is 4. The quantitative estimate of drug-likeness (QED) is 0.673. The Bertz CT molecular complexity index is 286. The summed E-state index contributed by atoms with van der Waals surface area (Å²) in [6.45, 7) is 12.0. The zero-order valence-electron chi connectivity index (χ0n) is 9.72. The highest BCUT2D eigenvalue weighted by molar-refractivity contribution is 5.38. The number of hydrogen-bond acceptors (Lipinski definition) is 1. The molecule has 0 aromatic rings. The van der Waals surface area contributed by atoms with Crippen LogP contribution in [-0.2, 0) is 0 Å². The maximum absolute atomic E-state index is 5.79. The average molecular weight is 191 g/mol. The van der Waals surface area contributed by atoms with E-state index in [1.54, 1.807) is 0 Å². The van der Waals surface area contributed by atoms with Crippen LogP contribution in [0, 0.1) is 0 Å². The van der Waals surface area contributed by atoms with Crippen molar-refractivity contribution in [2.45, 2.75) is 34.1 Å². The standard InChI is InChI=1S/C13H21N/c1-6-13(14)9-12(11(4)5)8-7-10(2)3/h7-9H,2,6,14H2,1,3-5H3/b8-7-,13-9+. The third kappa shape index (κ3) is 5.41. The molecule has 2 N–H and O–H groups in total. The third-order valence-corrected chi connectivity index (χ3v) is 1.87. The van der Waals surface area contributed by atoms with Gasteiger partial charge in [0.1, 0.15) is 0 Å². The molecule has 0 saturated heterocycles. The predicted molar refractivity (Wildman–Crippen MR) is 64.9 cm³/mol. The minimum absolute atomic E-state index is 0.887. The Morgan fingerprint density at radius 3 is 2.14 bits per heavy atom. The molecule has 1 nitrogen and oxygen atoms in total. The highest BCUT2D eigenvalue weighted by atomic mass is 14.6. The lowest BCUT2D eigenvalue weighted by molar-refractivity contribution is 1.06. The molecular formula is C13H21N. The summed E-state index contributed by atoms with van der Waals surface area (Å²) in [5.41, 5.74) is 10.2. The Balaban J connectivity index is 4.83. The topological polar surface area (TPSA) is 26.0 Å². The van der Waals surface area contributed by atoms with Crippen LogP contribution < -0.4 is 5.73 Å².